The van der Waals surface area contributed by atoms with Crippen LogP contribution in [0.25, 0.3) is 0 Å². The van der Waals surface area contributed by atoms with Crippen LogP contribution in [0.15, 0.2) is 36.4 Å². The van der Waals surface area contributed by atoms with E-state index in [1.165, 1.54) is 24.3 Å². The van der Waals surface area contributed by atoms with Crippen LogP contribution in [0.2, 0.25) is 0 Å². The van der Waals surface area contributed by atoms with Gasteiger partial charge in [-0.25, -0.2) is 4.39 Å². The normalized spacial score (nSPS) is 37.5. The van der Waals surface area contributed by atoms with Crippen molar-refractivity contribution in [3.8, 4) is 0 Å². The highest BCUT2D eigenvalue weighted by molar-refractivity contribution is 5.96. The third-order valence-corrected chi connectivity index (χ3v) is 5.35. The lowest BCUT2D eigenvalue weighted by Crippen LogP contribution is -2.48. The van der Waals surface area contributed by atoms with Gasteiger partial charge in [-0.3, -0.25) is 9.59 Å². The Bertz CT molecular complexity index is 669. The molecule has 0 heterocycles. The zero-order chi connectivity index (χ0) is 15.4. The number of allylic oxidation sites excluding steroid dienone is 2. The Labute approximate surface area is 127 Å². The summed E-state index contributed by atoms with van der Waals surface area (Å²) in [7, 11) is 0. The van der Waals surface area contributed by atoms with E-state index in [9.17, 15) is 19.1 Å². The van der Waals surface area contributed by atoms with Gasteiger partial charge in [0.15, 0.2) is 0 Å². The Hall–Kier alpha value is -2.17. The molecular formula is C17H16FNO3. The minimum atomic E-state index is -0.899. The van der Waals surface area contributed by atoms with Gasteiger partial charge in [-0.05, 0) is 54.4 Å². The van der Waals surface area contributed by atoms with Crippen molar-refractivity contribution in [1.82, 2.24) is 0 Å². The van der Waals surface area contributed by atoms with E-state index in [-0.39, 0.29) is 23.6 Å². The summed E-state index contributed by atoms with van der Waals surface area (Å²) >= 11 is 0. The van der Waals surface area contributed by atoms with Crippen LogP contribution in [0.5, 0.6) is 0 Å². The van der Waals surface area contributed by atoms with Crippen LogP contribution in [0.3, 0.4) is 0 Å². The number of amides is 1. The molecule has 1 aromatic rings. The van der Waals surface area contributed by atoms with Gasteiger partial charge in [0.05, 0.1) is 11.8 Å². The summed E-state index contributed by atoms with van der Waals surface area (Å²) in [6.45, 7) is 0. The standard InChI is InChI=1S/C17H16FNO3/c18-8-1-3-9(4-2-8)19-16(20)14-10-5-6-11(13-7-12(10)13)15(14)17(21)22/h1-6,10-15H,7H2,(H,19,20)(H,21,22)/t10-,11+,12+,13+,14-,15-/m0/s1. The van der Waals surface area contributed by atoms with Gasteiger partial charge < -0.3 is 10.4 Å². The summed E-state index contributed by atoms with van der Waals surface area (Å²) in [5.74, 6) is -1.87. The molecule has 0 spiro atoms. The van der Waals surface area contributed by atoms with Crippen LogP contribution in [-0.2, 0) is 9.59 Å². The highest BCUT2D eigenvalue weighted by Gasteiger charge is 2.62. The van der Waals surface area contributed by atoms with Gasteiger partial charge in [-0.15, -0.1) is 0 Å². The summed E-state index contributed by atoms with van der Waals surface area (Å²) in [4.78, 5) is 24.3. The monoisotopic (exact) mass is 301 g/mol. The second kappa shape index (κ2) is 4.66. The SMILES string of the molecule is O=C(O)[C@H]1[C@@H]2C=C[C@@H]([C@H]3C[C@H]23)[C@@H]1C(=O)Nc1ccc(F)cc1. The first-order chi connectivity index (χ1) is 10.6. The fourth-order valence-corrected chi connectivity index (χ4v) is 4.33. The lowest BCUT2D eigenvalue weighted by molar-refractivity contribution is -0.152. The highest BCUT2D eigenvalue weighted by atomic mass is 19.1. The number of anilines is 1. The van der Waals surface area contributed by atoms with Crippen LogP contribution >= 0.6 is 0 Å². The molecular weight excluding hydrogens is 285 g/mol. The van der Waals surface area contributed by atoms with Crippen molar-refractivity contribution in [3.63, 3.8) is 0 Å². The number of rotatable bonds is 3. The number of carbonyl (C=O) groups is 2. The molecule has 6 atom stereocenters. The quantitative estimate of drug-likeness (QED) is 0.843. The number of hydrogen-bond acceptors (Lipinski definition) is 2. The van der Waals surface area contributed by atoms with Crippen LogP contribution in [-0.4, -0.2) is 17.0 Å². The smallest absolute Gasteiger partial charge is 0.307 e. The number of fused-ring (bicyclic) bond motifs is 1. The minimum Gasteiger partial charge on any atom is -0.481 e. The van der Waals surface area contributed by atoms with Crippen molar-refractivity contribution in [2.75, 3.05) is 5.32 Å². The fourth-order valence-electron chi connectivity index (χ4n) is 4.33. The molecule has 1 amide bonds. The lowest BCUT2D eigenvalue weighted by Gasteiger charge is -2.41. The molecule has 0 aliphatic heterocycles. The molecule has 2 saturated carbocycles. The number of aliphatic carboxylic acids is 1. The second-order valence-electron chi connectivity index (χ2n) is 6.49. The van der Waals surface area contributed by atoms with E-state index in [0.29, 0.717) is 17.5 Å². The van der Waals surface area contributed by atoms with Crippen LogP contribution in [0.4, 0.5) is 10.1 Å². The fraction of sp³-hybridized carbons (Fsp3) is 0.412. The average molecular weight is 301 g/mol. The third kappa shape index (κ3) is 1.95. The molecule has 0 radical (unpaired) electrons. The van der Waals surface area contributed by atoms with Crippen molar-refractivity contribution in [2.45, 2.75) is 6.42 Å². The molecule has 0 unspecified atom stereocenters. The molecule has 2 bridgehead atoms. The molecule has 4 aliphatic rings. The first kappa shape index (κ1) is 13.5. The maximum atomic E-state index is 12.9. The third-order valence-electron chi connectivity index (χ3n) is 5.35. The van der Waals surface area contributed by atoms with Crippen molar-refractivity contribution in [3.05, 3.63) is 42.2 Å². The maximum Gasteiger partial charge on any atom is 0.307 e. The molecule has 4 aliphatic carbocycles. The van der Waals surface area contributed by atoms with Crippen LogP contribution < -0.4 is 5.32 Å². The Morgan fingerprint density at radius 2 is 1.64 bits per heavy atom. The largest absolute Gasteiger partial charge is 0.481 e. The number of carbonyl (C=O) groups excluding carboxylic acids is 1. The Balaban J connectivity index is 1.60. The molecule has 4 nitrogen and oxygen atoms in total. The molecule has 2 N–H and O–H groups in total. The number of nitrogens with one attached hydrogen (secondary N) is 1. The van der Waals surface area contributed by atoms with Crippen LogP contribution in [0, 0.1) is 41.3 Å². The summed E-state index contributed by atoms with van der Waals surface area (Å²) in [5, 5.41) is 12.3. The molecule has 5 rings (SSSR count). The number of carboxylic acid groups (broad SMARTS) is 1. The molecule has 0 aromatic heterocycles. The maximum absolute atomic E-state index is 12.9. The summed E-state index contributed by atoms with van der Waals surface area (Å²) < 4.78 is 12.9. The van der Waals surface area contributed by atoms with Gasteiger partial charge in [0.2, 0.25) is 5.91 Å². The van der Waals surface area contributed by atoms with E-state index in [4.69, 9.17) is 0 Å². The second-order valence-corrected chi connectivity index (χ2v) is 6.49. The van der Waals surface area contributed by atoms with Crippen molar-refractivity contribution >= 4 is 17.6 Å². The first-order valence-electron chi connectivity index (χ1n) is 7.54. The highest BCUT2D eigenvalue weighted by Crippen LogP contribution is 2.63. The van der Waals surface area contributed by atoms with Gasteiger partial charge >= 0.3 is 5.97 Å². The topological polar surface area (TPSA) is 66.4 Å². The van der Waals surface area contributed by atoms with E-state index in [2.05, 4.69) is 5.32 Å². The lowest BCUT2D eigenvalue weighted by atomic mass is 9.62. The van der Waals surface area contributed by atoms with E-state index >= 15 is 0 Å². The van der Waals surface area contributed by atoms with Crippen molar-refractivity contribution in [2.24, 2.45) is 35.5 Å². The summed E-state index contributed by atoms with van der Waals surface area (Å²) in [6, 6.07) is 5.52. The molecule has 114 valence electrons. The van der Waals surface area contributed by atoms with E-state index in [1.807, 2.05) is 12.2 Å². The van der Waals surface area contributed by atoms with Crippen LogP contribution in [0.1, 0.15) is 6.42 Å². The molecule has 2 fully saturated rings. The zero-order valence-electron chi connectivity index (χ0n) is 11.8. The number of carboxylic acids is 1. The molecule has 0 saturated heterocycles. The van der Waals surface area contributed by atoms with Gasteiger partial charge in [-0.1, -0.05) is 12.2 Å². The molecule has 5 heteroatoms. The number of halogens is 1. The van der Waals surface area contributed by atoms with E-state index in [0.717, 1.165) is 6.42 Å². The van der Waals surface area contributed by atoms with E-state index in [1.54, 1.807) is 0 Å². The van der Waals surface area contributed by atoms with Gasteiger partial charge in [0.1, 0.15) is 5.82 Å². The van der Waals surface area contributed by atoms with Gasteiger partial charge in [-0.2, -0.15) is 0 Å². The predicted molar refractivity (Wildman–Crippen MR) is 77.4 cm³/mol. The predicted octanol–water partition coefficient (Wildman–Crippen LogP) is 2.53. The van der Waals surface area contributed by atoms with Gasteiger partial charge in [0.25, 0.3) is 0 Å². The minimum absolute atomic E-state index is 0.0107. The van der Waals surface area contributed by atoms with Gasteiger partial charge in [0, 0.05) is 5.69 Å². The molecule has 1 aromatic carbocycles. The number of benzene rings is 1. The average Bonchev–Trinajstić information content (AvgIpc) is 3.30. The summed E-state index contributed by atoms with van der Waals surface area (Å²) in [6.07, 6.45) is 5.03. The molecule has 22 heavy (non-hydrogen) atoms. The first-order valence-corrected chi connectivity index (χ1v) is 7.54. The van der Waals surface area contributed by atoms with Crippen molar-refractivity contribution in [1.29, 1.82) is 0 Å². The Morgan fingerprint density at radius 1 is 1.05 bits per heavy atom. The zero-order valence-corrected chi connectivity index (χ0v) is 11.8. The number of hydrogen-bond donors (Lipinski definition) is 2. The Morgan fingerprint density at radius 3 is 2.23 bits per heavy atom. The van der Waals surface area contributed by atoms with E-state index < -0.39 is 17.8 Å². The van der Waals surface area contributed by atoms with Crippen molar-refractivity contribution < 1.29 is 19.1 Å². The summed E-state index contributed by atoms with van der Waals surface area (Å²) in [5.41, 5.74) is 0.494. The Kier molecular flexibility index (Phi) is 2.86.